The monoisotopic (exact) mass is 457 g/mol. The van der Waals surface area contributed by atoms with Crippen LogP contribution in [0.4, 0.5) is 18.9 Å². The maximum Gasteiger partial charge on any atom is 0.416 e. The summed E-state index contributed by atoms with van der Waals surface area (Å²) in [6.07, 6.45) is -2.87. The zero-order chi connectivity index (χ0) is 20.5. The quantitative estimate of drug-likeness (QED) is 0.632. The lowest BCUT2D eigenvalue weighted by Crippen LogP contribution is -2.16. The molecule has 9 heteroatoms. The first-order valence-electron chi connectivity index (χ1n) is 8.32. The highest BCUT2D eigenvalue weighted by molar-refractivity contribution is 9.10. The van der Waals surface area contributed by atoms with Gasteiger partial charge in [-0.1, -0.05) is 22.0 Å². The number of ether oxygens (including phenoxy) is 1. The summed E-state index contributed by atoms with van der Waals surface area (Å²) >= 11 is 3.09. The number of benzene rings is 2. The number of nitrogens with one attached hydrogen (secondary N) is 1. The topological polar surface area (TPSA) is 75.6 Å². The third kappa shape index (κ3) is 4.83. The highest BCUT2D eigenvalue weighted by atomic mass is 79.9. The second-order valence-electron chi connectivity index (χ2n) is 6.37. The second kappa shape index (κ2) is 7.83. The van der Waals surface area contributed by atoms with Crippen LogP contribution in [0.5, 0.6) is 5.75 Å². The van der Waals surface area contributed by atoms with Crippen LogP contribution in [-0.4, -0.2) is 17.0 Å². The molecular formula is C19H15BrF3NO4. The van der Waals surface area contributed by atoms with Crippen molar-refractivity contribution < 1.29 is 32.6 Å². The van der Waals surface area contributed by atoms with Crippen molar-refractivity contribution in [1.82, 2.24) is 0 Å². The fourth-order valence-corrected chi connectivity index (χ4v) is 2.97. The molecule has 2 aromatic carbocycles. The molecule has 0 aromatic heterocycles. The number of aromatic carboxylic acids is 1. The number of halogens is 4. The SMILES string of the molecule is O=C(O)c1cc(OCc2ccc(C(F)(F)F)cc2Br)ccc1NC(=O)C1CC1. The molecule has 0 saturated heterocycles. The van der Waals surface area contributed by atoms with Crippen molar-refractivity contribution in [2.75, 3.05) is 5.32 Å². The number of carboxylic acids is 1. The van der Waals surface area contributed by atoms with Gasteiger partial charge >= 0.3 is 12.1 Å². The van der Waals surface area contributed by atoms with Crippen LogP contribution in [0.3, 0.4) is 0 Å². The van der Waals surface area contributed by atoms with E-state index in [0.717, 1.165) is 25.0 Å². The molecule has 2 N–H and O–H groups in total. The van der Waals surface area contributed by atoms with E-state index in [2.05, 4.69) is 21.2 Å². The van der Waals surface area contributed by atoms with E-state index in [1.54, 1.807) is 0 Å². The first-order chi connectivity index (χ1) is 13.1. The lowest BCUT2D eigenvalue weighted by atomic mass is 10.1. The number of hydrogen-bond donors (Lipinski definition) is 2. The first kappa shape index (κ1) is 20.2. The fourth-order valence-electron chi connectivity index (χ4n) is 2.48. The summed E-state index contributed by atoms with van der Waals surface area (Å²) in [5.41, 5.74) is -0.270. The lowest BCUT2D eigenvalue weighted by Gasteiger charge is -2.13. The highest BCUT2D eigenvalue weighted by Crippen LogP contribution is 2.33. The number of carbonyl (C=O) groups is 2. The Labute approximate surface area is 166 Å². The molecule has 0 heterocycles. The average Bonchev–Trinajstić information content (AvgIpc) is 3.45. The molecular weight excluding hydrogens is 443 g/mol. The van der Waals surface area contributed by atoms with Crippen molar-refractivity contribution in [3.05, 3.63) is 57.6 Å². The van der Waals surface area contributed by atoms with Gasteiger partial charge in [-0.2, -0.15) is 13.2 Å². The number of hydrogen-bond acceptors (Lipinski definition) is 3. The third-order valence-corrected chi connectivity index (χ3v) is 4.94. The zero-order valence-corrected chi connectivity index (χ0v) is 15.9. The Bertz CT molecular complexity index is 926. The molecule has 1 saturated carbocycles. The predicted molar refractivity (Wildman–Crippen MR) is 98.2 cm³/mol. The second-order valence-corrected chi connectivity index (χ2v) is 7.22. The standard InChI is InChI=1S/C19H15BrF3NO4/c20-15-7-12(19(21,22)23)4-3-11(15)9-28-13-5-6-16(14(8-13)18(26)27)24-17(25)10-1-2-10/h3-8,10H,1-2,9H2,(H,24,25)(H,26,27). The van der Waals surface area contributed by atoms with Crippen molar-refractivity contribution in [1.29, 1.82) is 0 Å². The van der Waals surface area contributed by atoms with E-state index in [0.29, 0.717) is 5.56 Å². The summed E-state index contributed by atoms with van der Waals surface area (Å²) in [5.74, 6) is -1.31. The van der Waals surface area contributed by atoms with E-state index in [1.165, 1.54) is 24.3 Å². The van der Waals surface area contributed by atoms with Gasteiger partial charge in [-0.3, -0.25) is 4.79 Å². The van der Waals surface area contributed by atoms with E-state index >= 15 is 0 Å². The molecule has 0 spiro atoms. The Morgan fingerprint density at radius 1 is 1.18 bits per heavy atom. The molecule has 5 nitrogen and oxygen atoms in total. The van der Waals surface area contributed by atoms with Crippen LogP contribution in [0, 0.1) is 5.92 Å². The summed E-state index contributed by atoms with van der Waals surface area (Å²) in [6, 6.07) is 7.38. The minimum atomic E-state index is -4.45. The van der Waals surface area contributed by atoms with Gasteiger partial charge in [-0.15, -0.1) is 0 Å². The van der Waals surface area contributed by atoms with Gasteiger partial charge in [0.2, 0.25) is 5.91 Å². The smallest absolute Gasteiger partial charge is 0.416 e. The average molecular weight is 458 g/mol. The van der Waals surface area contributed by atoms with E-state index < -0.39 is 17.7 Å². The van der Waals surface area contributed by atoms with Crippen LogP contribution in [0.1, 0.15) is 34.3 Å². The minimum absolute atomic E-state index is 0.0639. The largest absolute Gasteiger partial charge is 0.489 e. The number of alkyl halides is 3. The van der Waals surface area contributed by atoms with E-state index in [9.17, 15) is 27.9 Å². The maximum absolute atomic E-state index is 12.7. The molecule has 28 heavy (non-hydrogen) atoms. The van der Waals surface area contributed by atoms with E-state index in [4.69, 9.17) is 4.74 Å². The van der Waals surface area contributed by atoms with Gasteiger partial charge in [-0.25, -0.2) is 4.79 Å². The van der Waals surface area contributed by atoms with Crippen LogP contribution < -0.4 is 10.1 Å². The molecule has 3 rings (SSSR count). The summed E-state index contributed by atoms with van der Waals surface area (Å²) in [6.45, 7) is -0.0639. The first-order valence-corrected chi connectivity index (χ1v) is 9.11. The lowest BCUT2D eigenvalue weighted by molar-refractivity contribution is -0.137. The predicted octanol–water partition coefficient (Wildman–Crippen LogP) is 5.09. The molecule has 0 bridgehead atoms. The Kier molecular flexibility index (Phi) is 5.64. The van der Waals surface area contributed by atoms with Crippen LogP contribution in [0.15, 0.2) is 40.9 Å². The summed E-state index contributed by atoms with van der Waals surface area (Å²) < 4.78 is 43.9. The number of anilines is 1. The fraction of sp³-hybridized carbons (Fsp3) is 0.263. The molecule has 0 unspecified atom stereocenters. The molecule has 0 atom stereocenters. The van der Waals surface area contributed by atoms with Crippen molar-refractivity contribution in [2.45, 2.75) is 25.6 Å². The number of amides is 1. The Morgan fingerprint density at radius 3 is 2.46 bits per heavy atom. The summed E-state index contributed by atoms with van der Waals surface area (Å²) in [4.78, 5) is 23.3. The normalized spacial score (nSPS) is 13.9. The molecule has 1 amide bonds. The molecule has 0 radical (unpaired) electrons. The van der Waals surface area contributed by atoms with E-state index in [1.807, 2.05) is 0 Å². The third-order valence-electron chi connectivity index (χ3n) is 4.20. The maximum atomic E-state index is 12.7. The van der Waals surface area contributed by atoms with Gasteiger partial charge in [0.25, 0.3) is 0 Å². The van der Waals surface area contributed by atoms with Gasteiger partial charge in [0.1, 0.15) is 12.4 Å². The molecule has 2 aromatic rings. The minimum Gasteiger partial charge on any atom is -0.489 e. The Balaban J connectivity index is 1.73. The highest BCUT2D eigenvalue weighted by Gasteiger charge is 2.31. The van der Waals surface area contributed by atoms with Crippen molar-refractivity contribution in [3.8, 4) is 5.75 Å². The van der Waals surface area contributed by atoms with Gasteiger partial charge in [0.15, 0.2) is 0 Å². The van der Waals surface area contributed by atoms with Crippen molar-refractivity contribution in [3.63, 3.8) is 0 Å². The number of carboxylic acid groups (broad SMARTS) is 1. The molecule has 148 valence electrons. The van der Waals surface area contributed by atoms with Crippen LogP contribution >= 0.6 is 15.9 Å². The Morgan fingerprint density at radius 2 is 1.89 bits per heavy atom. The van der Waals surface area contributed by atoms with Crippen LogP contribution in [0.2, 0.25) is 0 Å². The van der Waals surface area contributed by atoms with Gasteiger partial charge < -0.3 is 15.2 Å². The van der Waals surface area contributed by atoms with Gasteiger partial charge in [0, 0.05) is 16.0 Å². The summed E-state index contributed by atoms with van der Waals surface area (Å²) in [7, 11) is 0. The Hall–Kier alpha value is -2.55. The molecule has 1 aliphatic carbocycles. The van der Waals surface area contributed by atoms with Gasteiger partial charge in [-0.05, 0) is 43.2 Å². The van der Waals surface area contributed by atoms with Crippen LogP contribution in [0.25, 0.3) is 0 Å². The van der Waals surface area contributed by atoms with Crippen LogP contribution in [-0.2, 0) is 17.6 Å². The zero-order valence-electron chi connectivity index (χ0n) is 14.3. The van der Waals surface area contributed by atoms with Crippen molar-refractivity contribution in [2.24, 2.45) is 5.92 Å². The number of rotatable bonds is 6. The molecule has 1 aliphatic rings. The van der Waals surface area contributed by atoms with Crippen molar-refractivity contribution >= 4 is 33.5 Å². The van der Waals surface area contributed by atoms with E-state index in [-0.39, 0.29) is 39.9 Å². The molecule has 0 aliphatic heterocycles. The van der Waals surface area contributed by atoms with Gasteiger partial charge in [0.05, 0.1) is 16.8 Å². The number of carbonyl (C=O) groups excluding carboxylic acids is 1. The summed E-state index contributed by atoms with van der Waals surface area (Å²) in [5, 5.41) is 12.0. The molecule has 1 fully saturated rings.